The number of hydrogen-bond acceptors (Lipinski definition) is 4. The summed E-state index contributed by atoms with van der Waals surface area (Å²) in [6, 6.07) is 11.2. The molecule has 0 atom stereocenters. The molecule has 0 aliphatic heterocycles. The summed E-state index contributed by atoms with van der Waals surface area (Å²) in [5, 5.41) is 9.20. The molecule has 0 unspecified atom stereocenters. The van der Waals surface area contributed by atoms with E-state index in [1.165, 1.54) is 12.1 Å². The van der Waals surface area contributed by atoms with Crippen molar-refractivity contribution in [3.05, 3.63) is 63.3 Å². The first-order chi connectivity index (χ1) is 9.13. The number of H-pyrrole nitrogens is 1. The summed E-state index contributed by atoms with van der Waals surface area (Å²) < 4.78 is 0.826. The highest BCUT2D eigenvalue weighted by Gasteiger charge is 2.10. The van der Waals surface area contributed by atoms with Crippen LogP contribution in [0.25, 0.3) is 10.2 Å². The number of phenols is 1. The van der Waals surface area contributed by atoms with Gasteiger partial charge in [0.1, 0.15) is 5.75 Å². The molecule has 3 rings (SSSR count). The van der Waals surface area contributed by atoms with E-state index in [0.717, 1.165) is 16.0 Å². The van der Waals surface area contributed by atoms with E-state index in [1.807, 2.05) is 0 Å². The Morgan fingerprint density at radius 3 is 2.47 bits per heavy atom. The van der Waals surface area contributed by atoms with Crippen LogP contribution in [-0.4, -0.2) is 15.9 Å². The van der Waals surface area contributed by atoms with Gasteiger partial charge in [0.2, 0.25) is 0 Å². The van der Waals surface area contributed by atoms with Crippen LogP contribution in [0.5, 0.6) is 5.75 Å². The summed E-state index contributed by atoms with van der Waals surface area (Å²) in [6.07, 6.45) is 0. The Bertz CT molecular complexity index is 815. The molecule has 0 spiro atoms. The molecule has 1 aromatic heterocycles. The van der Waals surface area contributed by atoms with Crippen LogP contribution in [0.3, 0.4) is 0 Å². The smallest absolute Gasteiger partial charge is 0.305 e. The topological polar surface area (TPSA) is 70.2 Å². The Balaban J connectivity index is 2.05. The Morgan fingerprint density at radius 2 is 1.74 bits per heavy atom. The summed E-state index contributed by atoms with van der Waals surface area (Å²) in [4.78, 5) is 26.0. The number of ketones is 1. The maximum atomic E-state index is 12.2. The van der Waals surface area contributed by atoms with Gasteiger partial charge in [-0.1, -0.05) is 11.3 Å². The average Bonchev–Trinajstić information content (AvgIpc) is 2.77. The molecule has 0 radical (unpaired) electrons. The molecule has 0 amide bonds. The van der Waals surface area contributed by atoms with Gasteiger partial charge >= 0.3 is 4.87 Å². The minimum atomic E-state index is -0.144. The van der Waals surface area contributed by atoms with Crippen LogP contribution in [0.2, 0.25) is 0 Å². The van der Waals surface area contributed by atoms with Crippen molar-refractivity contribution < 1.29 is 9.90 Å². The van der Waals surface area contributed by atoms with Gasteiger partial charge in [-0.25, -0.2) is 0 Å². The molecule has 19 heavy (non-hydrogen) atoms. The second kappa shape index (κ2) is 4.37. The van der Waals surface area contributed by atoms with Gasteiger partial charge in [-0.3, -0.25) is 9.59 Å². The van der Waals surface area contributed by atoms with Crippen LogP contribution >= 0.6 is 11.3 Å². The molecule has 4 nitrogen and oxygen atoms in total. The standard InChI is InChI=1S/C14H9NO3S/c16-10-4-1-8(2-5-10)13(17)9-3-6-12-11(7-9)15-14(18)19-12/h1-7,16H,(H,15,18). The molecule has 0 saturated carbocycles. The van der Waals surface area contributed by atoms with Crippen molar-refractivity contribution in [2.45, 2.75) is 0 Å². The van der Waals surface area contributed by atoms with Crippen LogP contribution in [-0.2, 0) is 0 Å². The lowest BCUT2D eigenvalue weighted by Gasteiger charge is -2.01. The molecule has 2 aromatic carbocycles. The van der Waals surface area contributed by atoms with Crippen LogP contribution in [0, 0.1) is 0 Å². The predicted octanol–water partition coefficient (Wildman–Crippen LogP) is 2.53. The molecule has 0 fully saturated rings. The number of carbonyl (C=O) groups is 1. The Hall–Kier alpha value is -2.40. The number of benzene rings is 2. The summed E-state index contributed by atoms with van der Waals surface area (Å²) in [7, 11) is 0. The lowest BCUT2D eigenvalue weighted by molar-refractivity contribution is 0.103. The van der Waals surface area contributed by atoms with Gasteiger partial charge < -0.3 is 10.1 Å². The van der Waals surface area contributed by atoms with Crippen LogP contribution in [0.1, 0.15) is 15.9 Å². The van der Waals surface area contributed by atoms with Crippen molar-refractivity contribution in [2.24, 2.45) is 0 Å². The van der Waals surface area contributed by atoms with Crippen molar-refractivity contribution in [1.82, 2.24) is 4.98 Å². The number of hydrogen-bond donors (Lipinski definition) is 2. The van der Waals surface area contributed by atoms with E-state index in [0.29, 0.717) is 16.6 Å². The molecule has 1 heterocycles. The minimum Gasteiger partial charge on any atom is -0.508 e. The van der Waals surface area contributed by atoms with Gasteiger partial charge in [-0.15, -0.1) is 0 Å². The van der Waals surface area contributed by atoms with Crippen LogP contribution < -0.4 is 4.87 Å². The first-order valence-corrected chi connectivity index (χ1v) is 6.42. The maximum absolute atomic E-state index is 12.2. The number of aromatic amines is 1. The van der Waals surface area contributed by atoms with E-state index >= 15 is 0 Å². The fourth-order valence-corrected chi connectivity index (χ4v) is 2.59. The van der Waals surface area contributed by atoms with E-state index < -0.39 is 0 Å². The van der Waals surface area contributed by atoms with Gasteiger partial charge in [0.05, 0.1) is 10.2 Å². The molecular weight excluding hydrogens is 262 g/mol. The van der Waals surface area contributed by atoms with Crippen LogP contribution in [0.15, 0.2) is 47.3 Å². The highest BCUT2D eigenvalue weighted by Crippen LogP contribution is 2.19. The van der Waals surface area contributed by atoms with E-state index in [4.69, 9.17) is 0 Å². The molecule has 0 aliphatic rings. The third-order valence-corrected chi connectivity index (χ3v) is 3.67. The molecule has 94 valence electrons. The molecule has 0 saturated heterocycles. The van der Waals surface area contributed by atoms with Gasteiger partial charge in [0.15, 0.2) is 5.78 Å². The number of nitrogens with one attached hydrogen (secondary N) is 1. The number of rotatable bonds is 2. The Morgan fingerprint density at radius 1 is 1.05 bits per heavy atom. The molecule has 0 aliphatic carbocycles. The third-order valence-electron chi connectivity index (χ3n) is 2.81. The molecule has 0 bridgehead atoms. The Labute approximate surface area is 112 Å². The van der Waals surface area contributed by atoms with Crippen molar-refractivity contribution >= 4 is 27.3 Å². The van der Waals surface area contributed by atoms with Crippen LogP contribution in [0.4, 0.5) is 0 Å². The number of aromatic hydroxyl groups is 1. The average molecular weight is 271 g/mol. The highest BCUT2D eigenvalue weighted by atomic mass is 32.1. The largest absolute Gasteiger partial charge is 0.508 e. The zero-order chi connectivity index (χ0) is 13.4. The first-order valence-electron chi connectivity index (χ1n) is 5.60. The van der Waals surface area contributed by atoms with Gasteiger partial charge in [-0.05, 0) is 42.5 Å². The van der Waals surface area contributed by atoms with Crippen molar-refractivity contribution in [3.8, 4) is 5.75 Å². The van der Waals surface area contributed by atoms with Crippen molar-refractivity contribution in [2.75, 3.05) is 0 Å². The normalized spacial score (nSPS) is 10.7. The van der Waals surface area contributed by atoms with Gasteiger partial charge in [0.25, 0.3) is 0 Å². The van der Waals surface area contributed by atoms with E-state index in [-0.39, 0.29) is 16.4 Å². The molecular formula is C14H9NO3S. The Kier molecular flexibility index (Phi) is 2.68. The second-order valence-corrected chi connectivity index (χ2v) is 5.12. The van der Waals surface area contributed by atoms with E-state index in [1.54, 1.807) is 30.3 Å². The first kappa shape index (κ1) is 11.7. The summed E-state index contributed by atoms with van der Waals surface area (Å²) >= 11 is 1.11. The number of phenolic OH excluding ortho intramolecular Hbond substituents is 1. The number of carbonyl (C=O) groups excluding carboxylic acids is 1. The lowest BCUT2D eigenvalue weighted by Crippen LogP contribution is -2.00. The van der Waals surface area contributed by atoms with Gasteiger partial charge in [-0.2, -0.15) is 0 Å². The van der Waals surface area contributed by atoms with E-state index in [9.17, 15) is 14.7 Å². The monoisotopic (exact) mass is 271 g/mol. The number of fused-ring (bicyclic) bond motifs is 1. The predicted molar refractivity (Wildman–Crippen MR) is 74.0 cm³/mol. The fourth-order valence-electron chi connectivity index (χ4n) is 1.87. The van der Waals surface area contributed by atoms with Crippen molar-refractivity contribution in [1.29, 1.82) is 0 Å². The van der Waals surface area contributed by atoms with Crippen molar-refractivity contribution in [3.63, 3.8) is 0 Å². The van der Waals surface area contributed by atoms with Gasteiger partial charge in [0, 0.05) is 11.1 Å². The quantitative estimate of drug-likeness (QED) is 0.704. The fraction of sp³-hybridized carbons (Fsp3) is 0. The summed E-state index contributed by atoms with van der Waals surface area (Å²) in [6.45, 7) is 0. The second-order valence-electron chi connectivity index (χ2n) is 4.10. The number of thiazole rings is 1. The summed E-state index contributed by atoms with van der Waals surface area (Å²) in [5.41, 5.74) is 1.67. The maximum Gasteiger partial charge on any atom is 0.305 e. The molecule has 2 N–H and O–H groups in total. The lowest BCUT2D eigenvalue weighted by atomic mass is 10.0. The minimum absolute atomic E-state index is 0.120. The third kappa shape index (κ3) is 2.15. The zero-order valence-electron chi connectivity index (χ0n) is 9.71. The number of aromatic nitrogens is 1. The zero-order valence-corrected chi connectivity index (χ0v) is 10.5. The summed E-state index contributed by atoms with van der Waals surface area (Å²) in [5.74, 6) is -0.0249. The molecule has 3 aromatic rings. The highest BCUT2D eigenvalue weighted by molar-refractivity contribution is 7.16. The molecule has 5 heteroatoms. The van der Waals surface area contributed by atoms with E-state index in [2.05, 4.69) is 4.98 Å². The SMILES string of the molecule is O=C(c1ccc(O)cc1)c1ccc2sc(=O)[nH]c2c1.